The van der Waals surface area contributed by atoms with Crippen LogP contribution < -0.4 is 0 Å². The smallest absolute Gasteiger partial charge is 0.306 e. The summed E-state index contributed by atoms with van der Waals surface area (Å²) in [5.74, 6) is -1.04. The first kappa shape index (κ1) is 59.8. The van der Waals surface area contributed by atoms with E-state index in [1.54, 1.807) is 0 Å². The molecular weight excluding hydrogens is 793 g/mol. The highest BCUT2D eigenvalue weighted by atomic mass is 16.6. The molecule has 0 aromatic rings. The fourth-order valence-electron chi connectivity index (χ4n) is 6.52. The van der Waals surface area contributed by atoms with Crippen LogP contribution in [0.3, 0.4) is 0 Å². The first-order valence-corrected chi connectivity index (χ1v) is 25.6. The Morgan fingerprint density at radius 3 is 1.19 bits per heavy atom. The van der Waals surface area contributed by atoms with E-state index in [1.807, 2.05) is 48.6 Å². The predicted octanol–water partition coefficient (Wildman–Crippen LogP) is 16.9. The molecule has 6 heteroatoms. The van der Waals surface area contributed by atoms with E-state index in [-0.39, 0.29) is 31.6 Å². The highest BCUT2D eigenvalue weighted by Gasteiger charge is 2.19. The second-order valence-electron chi connectivity index (χ2n) is 16.5. The van der Waals surface area contributed by atoms with Crippen molar-refractivity contribution in [2.75, 3.05) is 13.2 Å². The van der Waals surface area contributed by atoms with Gasteiger partial charge in [0.15, 0.2) is 6.10 Å². The number of unbranched alkanes of at least 4 members (excludes halogenated alkanes) is 17. The molecule has 0 radical (unpaired) electrons. The summed E-state index contributed by atoms with van der Waals surface area (Å²) in [6.45, 7) is 6.33. The monoisotopic (exact) mass is 885 g/mol. The van der Waals surface area contributed by atoms with Crippen molar-refractivity contribution in [2.24, 2.45) is 0 Å². The van der Waals surface area contributed by atoms with Crippen LogP contribution >= 0.6 is 0 Å². The van der Waals surface area contributed by atoms with Crippen molar-refractivity contribution in [3.8, 4) is 0 Å². The molecule has 0 amide bonds. The minimum atomic E-state index is -0.829. The lowest BCUT2D eigenvalue weighted by Gasteiger charge is -2.18. The fourth-order valence-corrected chi connectivity index (χ4v) is 6.52. The largest absolute Gasteiger partial charge is 0.462 e. The molecule has 0 fully saturated rings. The number of allylic oxidation sites excluding steroid dienone is 20. The Bertz CT molecular complexity index is 1390. The lowest BCUT2D eigenvalue weighted by atomic mass is 10.0. The summed E-state index contributed by atoms with van der Waals surface area (Å²) in [4.78, 5) is 37.9. The van der Waals surface area contributed by atoms with E-state index < -0.39 is 12.1 Å². The number of esters is 3. The quantitative estimate of drug-likeness (QED) is 0.0199. The zero-order valence-corrected chi connectivity index (χ0v) is 41.0. The van der Waals surface area contributed by atoms with Gasteiger partial charge in [-0.1, -0.05) is 239 Å². The molecule has 64 heavy (non-hydrogen) atoms. The Morgan fingerprint density at radius 1 is 0.344 bits per heavy atom. The van der Waals surface area contributed by atoms with Crippen molar-refractivity contribution >= 4 is 17.9 Å². The van der Waals surface area contributed by atoms with Crippen LogP contribution in [-0.4, -0.2) is 37.2 Å². The topological polar surface area (TPSA) is 78.9 Å². The van der Waals surface area contributed by atoms with Gasteiger partial charge in [0.05, 0.1) is 0 Å². The van der Waals surface area contributed by atoms with Crippen LogP contribution in [0.5, 0.6) is 0 Å². The van der Waals surface area contributed by atoms with Gasteiger partial charge in [-0.3, -0.25) is 14.4 Å². The summed E-state index contributed by atoms with van der Waals surface area (Å²) in [6.07, 6.45) is 70.4. The Balaban J connectivity index is 4.56. The molecule has 0 spiro atoms. The first-order valence-electron chi connectivity index (χ1n) is 25.6. The van der Waals surface area contributed by atoms with Gasteiger partial charge in [-0.25, -0.2) is 0 Å². The van der Waals surface area contributed by atoms with Gasteiger partial charge in [0, 0.05) is 19.3 Å². The molecule has 6 nitrogen and oxygen atoms in total. The van der Waals surface area contributed by atoms with E-state index in [0.717, 1.165) is 96.3 Å². The second-order valence-corrected chi connectivity index (χ2v) is 16.5. The van der Waals surface area contributed by atoms with Crippen LogP contribution in [-0.2, 0) is 28.6 Å². The van der Waals surface area contributed by atoms with Gasteiger partial charge in [-0.2, -0.15) is 0 Å². The molecule has 0 aliphatic carbocycles. The number of hydrogen-bond donors (Lipinski definition) is 0. The van der Waals surface area contributed by atoms with Crippen LogP contribution in [0.15, 0.2) is 122 Å². The van der Waals surface area contributed by atoms with E-state index in [0.29, 0.717) is 19.3 Å². The number of carbonyl (C=O) groups is 3. The fraction of sp³-hybridized carbons (Fsp3) is 0.603. The van der Waals surface area contributed by atoms with Crippen LogP contribution in [0.1, 0.15) is 207 Å². The zero-order chi connectivity index (χ0) is 46.5. The summed E-state index contributed by atoms with van der Waals surface area (Å²) in [7, 11) is 0. The summed E-state index contributed by atoms with van der Waals surface area (Å²) >= 11 is 0. The lowest BCUT2D eigenvalue weighted by molar-refractivity contribution is -0.166. The minimum Gasteiger partial charge on any atom is -0.462 e. The molecule has 0 heterocycles. The molecule has 1 atom stereocenters. The maximum atomic E-state index is 12.8. The Morgan fingerprint density at radius 2 is 0.734 bits per heavy atom. The summed E-state index contributed by atoms with van der Waals surface area (Å²) in [5, 5.41) is 0. The van der Waals surface area contributed by atoms with Crippen molar-refractivity contribution in [1.82, 2.24) is 0 Å². The molecule has 0 aliphatic heterocycles. The predicted molar refractivity (Wildman–Crippen MR) is 274 cm³/mol. The maximum Gasteiger partial charge on any atom is 0.306 e. The summed E-state index contributed by atoms with van der Waals surface area (Å²) in [5.41, 5.74) is 0. The molecule has 0 aromatic carbocycles. The van der Waals surface area contributed by atoms with Gasteiger partial charge in [-0.15, -0.1) is 0 Å². The van der Waals surface area contributed by atoms with Crippen molar-refractivity contribution in [1.29, 1.82) is 0 Å². The van der Waals surface area contributed by atoms with Crippen molar-refractivity contribution in [3.63, 3.8) is 0 Å². The van der Waals surface area contributed by atoms with Crippen LogP contribution in [0.4, 0.5) is 0 Å². The van der Waals surface area contributed by atoms with E-state index in [2.05, 4.69) is 93.7 Å². The highest BCUT2D eigenvalue weighted by Crippen LogP contribution is 2.14. The van der Waals surface area contributed by atoms with Gasteiger partial charge in [0.2, 0.25) is 0 Å². The third-order valence-corrected chi connectivity index (χ3v) is 10.3. The number of rotatable bonds is 44. The summed E-state index contributed by atoms with van der Waals surface area (Å²) < 4.78 is 16.7. The molecule has 0 aliphatic rings. The average molecular weight is 885 g/mol. The number of ether oxygens (including phenoxy) is 3. The molecule has 0 saturated heterocycles. The van der Waals surface area contributed by atoms with Gasteiger partial charge in [-0.05, 0) is 70.6 Å². The van der Waals surface area contributed by atoms with Crippen molar-refractivity contribution in [3.05, 3.63) is 122 Å². The van der Waals surface area contributed by atoms with Crippen LogP contribution in [0, 0.1) is 0 Å². The van der Waals surface area contributed by atoms with Gasteiger partial charge in [0.1, 0.15) is 13.2 Å². The molecule has 0 aromatic heterocycles. The maximum absolute atomic E-state index is 12.8. The van der Waals surface area contributed by atoms with Crippen molar-refractivity contribution in [2.45, 2.75) is 213 Å². The standard InChI is InChI=1S/C58H92O6/c1-4-7-10-13-16-19-22-25-27-29-30-32-33-36-39-42-45-48-51-57(60)63-54-55(53-62-56(59)50-47-44-41-38-35-24-21-18-15-12-9-6-3)64-58(61)52-49-46-43-40-37-34-31-28-26-23-20-17-14-11-8-5-2/h8,10-11,13,16-17,19-20,22,25-30,32,34,37,43,46,55H,4-7,9,12,14-15,18,21,23-24,31,33,35-36,38-42,44-45,47-54H2,1-3H3/b11-8-,13-10-,19-16-,20-17-,25-22-,28-26-,29-27-,32-30-,37-34-,46-43-. The molecule has 0 rings (SSSR count). The van der Waals surface area contributed by atoms with Crippen LogP contribution in [0.25, 0.3) is 0 Å². The van der Waals surface area contributed by atoms with Crippen LogP contribution in [0.2, 0.25) is 0 Å². The van der Waals surface area contributed by atoms with Gasteiger partial charge in [0.25, 0.3) is 0 Å². The first-order chi connectivity index (χ1) is 31.5. The van der Waals surface area contributed by atoms with E-state index in [4.69, 9.17) is 14.2 Å². The molecule has 360 valence electrons. The Labute approximate surface area is 392 Å². The third-order valence-electron chi connectivity index (χ3n) is 10.3. The Hall–Kier alpha value is -4.19. The lowest BCUT2D eigenvalue weighted by Crippen LogP contribution is -2.30. The Kier molecular flexibility index (Phi) is 48.1. The van der Waals surface area contributed by atoms with Gasteiger partial charge < -0.3 is 14.2 Å². The molecule has 0 N–H and O–H groups in total. The molecule has 0 saturated carbocycles. The molecular formula is C58H92O6. The minimum absolute atomic E-state index is 0.118. The molecule has 1 unspecified atom stereocenters. The summed E-state index contributed by atoms with van der Waals surface area (Å²) in [6, 6.07) is 0. The van der Waals surface area contributed by atoms with Gasteiger partial charge >= 0.3 is 17.9 Å². The zero-order valence-electron chi connectivity index (χ0n) is 41.0. The number of carbonyl (C=O) groups excluding carboxylic acids is 3. The normalized spacial score (nSPS) is 13.1. The average Bonchev–Trinajstić information content (AvgIpc) is 3.29. The highest BCUT2D eigenvalue weighted by molar-refractivity contribution is 5.71. The SMILES string of the molecule is CC/C=C\C/C=C\C/C=C\C/C=C\C/C=C\CCC(=O)OC(COC(=O)CCCCCCC\C=C/C=C\C=C/C=C\C=C/CCC)COC(=O)CCCCCCCCCCCCCC. The third kappa shape index (κ3) is 48.8. The molecule has 0 bridgehead atoms. The van der Waals surface area contributed by atoms with E-state index in [9.17, 15) is 14.4 Å². The second kappa shape index (κ2) is 51.4. The van der Waals surface area contributed by atoms with Crippen molar-refractivity contribution < 1.29 is 28.6 Å². The van der Waals surface area contributed by atoms with E-state index >= 15 is 0 Å². The van der Waals surface area contributed by atoms with E-state index in [1.165, 1.54) is 64.2 Å². The number of hydrogen-bond acceptors (Lipinski definition) is 6.